The van der Waals surface area contributed by atoms with Crippen LogP contribution >= 0.6 is 0 Å². The van der Waals surface area contributed by atoms with Crippen molar-refractivity contribution < 1.29 is 8.42 Å². The minimum atomic E-state index is -3.56. The molecule has 5 nitrogen and oxygen atoms in total. The van der Waals surface area contributed by atoms with Gasteiger partial charge in [0.2, 0.25) is 9.84 Å². The highest BCUT2D eigenvalue weighted by Gasteiger charge is 2.22. The number of rotatable bonds is 4. The van der Waals surface area contributed by atoms with E-state index in [-0.39, 0.29) is 4.90 Å². The van der Waals surface area contributed by atoms with Crippen molar-refractivity contribution in [3.05, 3.63) is 42.1 Å². The van der Waals surface area contributed by atoms with Crippen molar-refractivity contribution in [3.8, 4) is 0 Å². The fraction of sp³-hybridized carbons (Fsp3) is 0.353. The molecule has 0 unspecified atom stereocenters. The Hall–Kier alpha value is -2.08. The molecule has 0 atom stereocenters. The molecule has 0 aliphatic carbocycles. The smallest absolute Gasteiger partial charge is 0.206 e. The number of hydrogen-bond acceptors (Lipinski definition) is 5. The van der Waals surface area contributed by atoms with Gasteiger partial charge in [-0.05, 0) is 55.7 Å². The first-order valence-corrected chi connectivity index (χ1v) is 9.35. The van der Waals surface area contributed by atoms with Gasteiger partial charge in [-0.1, -0.05) is 6.92 Å². The molecule has 3 rings (SSSR count). The molecule has 1 aromatic heterocycles. The SMILES string of the molecule is CCc1cc(S(=O)(=O)c2ccc(N)cc2)cc(N2CCCC2)n1. The molecule has 6 heteroatoms. The summed E-state index contributed by atoms with van der Waals surface area (Å²) in [5, 5.41) is 0. The molecule has 1 fully saturated rings. The number of anilines is 2. The zero-order chi connectivity index (χ0) is 16.4. The number of aryl methyl sites for hydroxylation is 1. The van der Waals surface area contributed by atoms with Crippen molar-refractivity contribution in [2.75, 3.05) is 23.7 Å². The van der Waals surface area contributed by atoms with E-state index >= 15 is 0 Å². The summed E-state index contributed by atoms with van der Waals surface area (Å²) in [6, 6.07) is 9.67. The highest BCUT2D eigenvalue weighted by atomic mass is 32.2. The van der Waals surface area contributed by atoms with Gasteiger partial charge in [-0.15, -0.1) is 0 Å². The van der Waals surface area contributed by atoms with Crippen LogP contribution < -0.4 is 10.6 Å². The summed E-state index contributed by atoms with van der Waals surface area (Å²) in [6.45, 7) is 3.85. The zero-order valence-electron chi connectivity index (χ0n) is 13.2. The lowest BCUT2D eigenvalue weighted by molar-refractivity contribution is 0.595. The number of hydrogen-bond donors (Lipinski definition) is 1. The van der Waals surface area contributed by atoms with Gasteiger partial charge in [0, 0.05) is 24.5 Å². The molecule has 0 bridgehead atoms. The van der Waals surface area contributed by atoms with Gasteiger partial charge < -0.3 is 10.6 Å². The summed E-state index contributed by atoms with van der Waals surface area (Å²) in [4.78, 5) is 7.31. The van der Waals surface area contributed by atoms with Crippen LogP contribution in [0.4, 0.5) is 11.5 Å². The van der Waals surface area contributed by atoms with E-state index in [0.29, 0.717) is 17.0 Å². The van der Waals surface area contributed by atoms with Crippen molar-refractivity contribution in [2.24, 2.45) is 0 Å². The summed E-state index contributed by atoms with van der Waals surface area (Å²) in [6.07, 6.45) is 2.95. The Morgan fingerprint density at radius 3 is 2.35 bits per heavy atom. The third-order valence-electron chi connectivity index (χ3n) is 4.13. The van der Waals surface area contributed by atoms with Crippen LogP contribution in [0.3, 0.4) is 0 Å². The lowest BCUT2D eigenvalue weighted by Crippen LogP contribution is -2.20. The monoisotopic (exact) mass is 331 g/mol. The molecule has 2 aromatic rings. The van der Waals surface area contributed by atoms with Gasteiger partial charge in [0.05, 0.1) is 9.79 Å². The Bertz CT molecular complexity index is 795. The minimum absolute atomic E-state index is 0.257. The first-order chi connectivity index (χ1) is 11.0. The van der Waals surface area contributed by atoms with Crippen molar-refractivity contribution in [1.29, 1.82) is 0 Å². The van der Waals surface area contributed by atoms with Crippen LogP contribution in [0, 0.1) is 0 Å². The maximum atomic E-state index is 12.9. The average molecular weight is 331 g/mol. The Morgan fingerprint density at radius 1 is 1.09 bits per heavy atom. The molecule has 2 heterocycles. The van der Waals surface area contributed by atoms with Crippen molar-refractivity contribution >= 4 is 21.3 Å². The Kier molecular flexibility index (Phi) is 4.26. The van der Waals surface area contributed by atoms with Crippen LogP contribution in [0.15, 0.2) is 46.2 Å². The van der Waals surface area contributed by atoms with Gasteiger partial charge in [-0.2, -0.15) is 0 Å². The summed E-state index contributed by atoms with van der Waals surface area (Å²) < 4.78 is 25.8. The molecule has 0 radical (unpaired) electrons. The summed E-state index contributed by atoms with van der Waals surface area (Å²) >= 11 is 0. The van der Waals surface area contributed by atoms with E-state index in [4.69, 9.17) is 5.73 Å². The molecule has 122 valence electrons. The molecule has 23 heavy (non-hydrogen) atoms. The number of nitrogen functional groups attached to an aromatic ring is 1. The maximum Gasteiger partial charge on any atom is 0.206 e. The van der Waals surface area contributed by atoms with E-state index in [1.807, 2.05) is 6.92 Å². The molecule has 2 N–H and O–H groups in total. The molecular weight excluding hydrogens is 310 g/mol. The van der Waals surface area contributed by atoms with Crippen molar-refractivity contribution in [1.82, 2.24) is 4.98 Å². The molecule has 1 aliphatic heterocycles. The lowest BCUT2D eigenvalue weighted by Gasteiger charge is -2.18. The van der Waals surface area contributed by atoms with E-state index in [2.05, 4.69) is 9.88 Å². The van der Waals surface area contributed by atoms with E-state index in [1.165, 1.54) is 0 Å². The Labute approximate surface area is 137 Å². The van der Waals surface area contributed by atoms with Crippen LogP contribution in [0.2, 0.25) is 0 Å². The molecule has 0 spiro atoms. The standard InChI is InChI=1S/C17H21N3O2S/c1-2-14-11-16(12-17(19-14)20-9-3-4-10-20)23(21,22)15-7-5-13(18)6-8-15/h5-8,11-12H,2-4,9-10,18H2,1H3. The number of nitrogens with two attached hydrogens (primary N) is 1. The third kappa shape index (κ3) is 3.17. The molecule has 1 aliphatic rings. The predicted molar refractivity (Wildman–Crippen MR) is 91.4 cm³/mol. The molecular formula is C17H21N3O2S. The van der Waals surface area contributed by atoms with Crippen LogP contribution in [0.1, 0.15) is 25.5 Å². The van der Waals surface area contributed by atoms with Gasteiger partial charge in [0.25, 0.3) is 0 Å². The van der Waals surface area contributed by atoms with Crippen LogP contribution in [-0.4, -0.2) is 26.5 Å². The third-order valence-corrected chi connectivity index (χ3v) is 5.88. The molecule has 0 amide bonds. The largest absolute Gasteiger partial charge is 0.399 e. The van der Waals surface area contributed by atoms with E-state index in [1.54, 1.807) is 36.4 Å². The molecule has 1 aromatic carbocycles. The highest BCUT2D eigenvalue weighted by molar-refractivity contribution is 7.91. The summed E-state index contributed by atoms with van der Waals surface area (Å²) in [5.74, 6) is 0.760. The summed E-state index contributed by atoms with van der Waals surface area (Å²) in [7, 11) is -3.56. The maximum absolute atomic E-state index is 12.9. The van der Waals surface area contributed by atoms with Gasteiger partial charge in [-0.3, -0.25) is 0 Å². The first-order valence-electron chi connectivity index (χ1n) is 7.87. The number of sulfone groups is 1. The quantitative estimate of drug-likeness (QED) is 0.872. The fourth-order valence-corrected chi connectivity index (χ4v) is 4.09. The van der Waals surface area contributed by atoms with Gasteiger partial charge in [0.1, 0.15) is 5.82 Å². The van der Waals surface area contributed by atoms with Crippen molar-refractivity contribution in [2.45, 2.75) is 36.0 Å². The fourth-order valence-electron chi connectivity index (χ4n) is 2.77. The number of nitrogens with zero attached hydrogens (tertiary/aromatic N) is 2. The topological polar surface area (TPSA) is 76.3 Å². The number of benzene rings is 1. The Balaban J connectivity index is 2.07. The normalized spacial score (nSPS) is 15.1. The molecule has 1 saturated heterocycles. The second-order valence-corrected chi connectivity index (χ2v) is 7.72. The van der Waals surface area contributed by atoms with Gasteiger partial charge in [-0.25, -0.2) is 13.4 Å². The van der Waals surface area contributed by atoms with Gasteiger partial charge >= 0.3 is 0 Å². The number of aromatic nitrogens is 1. The van der Waals surface area contributed by atoms with E-state index in [0.717, 1.165) is 37.4 Å². The van der Waals surface area contributed by atoms with Crippen molar-refractivity contribution in [3.63, 3.8) is 0 Å². The lowest BCUT2D eigenvalue weighted by atomic mass is 10.3. The predicted octanol–water partition coefficient (Wildman–Crippen LogP) is 2.66. The van der Waals surface area contributed by atoms with E-state index in [9.17, 15) is 8.42 Å². The summed E-state index contributed by atoms with van der Waals surface area (Å²) in [5.41, 5.74) is 6.99. The highest BCUT2D eigenvalue weighted by Crippen LogP contribution is 2.27. The average Bonchev–Trinajstić information content (AvgIpc) is 3.09. The molecule has 0 saturated carbocycles. The zero-order valence-corrected chi connectivity index (χ0v) is 14.0. The van der Waals surface area contributed by atoms with E-state index < -0.39 is 9.84 Å². The van der Waals surface area contributed by atoms with Crippen LogP contribution in [0.25, 0.3) is 0 Å². The second-order valence-electron chi connectivity index (χ2n) is 5.77. The Morgan fingerprint density at radius 2 is 1.74 bits per heavy atom. The second kappa shape index (κ2) is 6.20. The first kappa shape index (κ1) is 15.8. The van der Waals surface area contributed by atoms with Crippen LogP contribution in [-0.2, 0) is 16.3 Å². The van der Waals surface area contributed by atoms with Gasteiger partial charge in [0.15, 0.2) is 0 Å². The minimum Gasteiger partial charge on any atom is -0.399 e. The van der Waals surface area contributed by atoms with Crippen LogP contribution in [0.5, 0.6) is 0 Å². The number of pyridine rings is 1.